The first-order valence-electron chi connectivity index (χ1n) is 8.64. The van der Waals surface area contributed by atoms with Gasteiger partial charge in [-0.15, -0.1) is 0 Å². The normalized spacial score (nSPS) is 23.7. The smallest absolute Gasteiger partial charge is 0.253 e. The summed E-state index contributed by atoms with van der Waals surface area (Å²) in [6, 6.07) is 5.64. The molecule has 0 aliphatic carbocycles. The minimum absolute atomic E-state index is 0.000664. The van der Waals surface area contributed by atoms with Crippen molar-refractivity contribution >= 4 is 17.5 Å². The molecule has 4 rings (SSSR count). The molecule has 2 aromatic rings. The van der Waals surface area contributed by atoms with E-state index >= 15 is 0 Å². The summed E-state index contributed by atoms with van der Waals surface area (Å²) in [5, 5.41) is 12.7. The molecule has 132 valence electrons. The van der Waals surface area contributed by atoms with Crippen LogP contribution in [0.2, 0.25) is 5.02 Å². The first kappa shape index (κ1) is 16.8. The van der Waals surface area contributed by atoms with Gasteiger partial charge in [-0.25, -0.2) is 4.98 Å². The Morgan fingerprint density at radius 3 is 2.92 bits per heavy atom. The molecule has 0 saturated carbocycles. The molecule has 6 nitrogen and oxygen atoms in total. The highest BCUT2D eigenvalue weighted by Crippen LogP contribution is 2.37. The maximum atomic E-state index is 12.7. The van der Waals surface area contributed by atoms with Gasteiger partial charge < -0.3 is 10.2 Å². The summed E-state index contributed by atoms with van der Waals surface area (Å²) in [6.45, 7) is 1.87. The second-order valence-electron chi connectivity index (χ2n) is 6.86. The minimum Gasteiger partial charge on any atom is -0.347 e. The fourth-order valence-corrected chi connectivity index (χ4v) is 4.27. The summed E-state index contributed by atoms with van der Waals surface area (Å²) in [4.78, 5) is 23.1. The number of carbonyl (C=O) groups excluding carboxylic acids is 1. The van der Waals surface area contributed by atoms with Gasteiger partial charge in [0.05, 0.1) is 40.3 Å². The van der Waals surface area contributed by atoms with Crippen LogP contribution in [0.15, 0.2) is 30.6 Å². The van der Waals surface area contributed by atoms with Crippen molar-refractivity contribution in [2.75, 3.05) is 0 Å². The van der Waals surface area contributed by atoms with Crippen LogP contribution < -0.4 is 5.32 Å². The summed E-state index contributed by atoms with van der Waals surface area (Å²) >= 11 is 6.36. The number of nitrogens with one attached hydrogen (secondary N) is 1. The first-order chi connectivity index (χ1) is 12.6. The highest BCUT2D eigenvalue weighted by atomic mass is 35.5. The Balaban J connectivity index is 1.51. The second-order valence-corrected chi connectivity index (χ2v) is 7.27. The monoisotopic (exact) mass is 367 g/mol. The van der Waals surface area contributed by atoms with E-state index in [1.165, 1.54) is 0 Å². The molecule has 0 radical (unpaired) electrons. The summed E-state index contributed by atoms with van der Waals surface area (Å²) in [5.74, 6) is -0.202. The van der Waals surface area contributed by atoms with Crippen molar-refractivity contribution < 1.29 is 4.79 Å². The molecule has 1 aromatic carbocycles. The number of benzene rings is 1. The Labute approximate surface area is 156 Å². The van der Waals surface area contributed by atoms with E-state index in [0.29, 0.717) is 10.6 Å². The Morgan fingerprint density at radius 1 is 1.38 bits per heavy atom. The SMILES string of the molecule is Cc1cncc(-c2ccc(C(=O)N[C@@H]3C[C@@H]4CC[C@H]3N4C#N)c(Cl)c2)n1. The zero-order valence-electron chi connectivity index (χ0n) is 14.3. The van der Waals surface area contributed by atoms with Gasteiger partial charge in [0.1, 0.15) is 0 Å². The number of hydrogen-bond donors (Lipinski definition) is 1. The largest absolute Gasteiger partial charge is 0.347 e. The Kier molecular flexibility index (Phi) is 4.25. The van der Waals surface area contributed by atoms with Crippen LogP contribution in [0.1, 0.15) is 35.3 Å². The highest BCUT2D eigenvalue weighted by molar-refractivity contribution is 6.34. The maximum absolute atomic E-state index is 12.7. The predicted octanol–water partition coefficient (Wildman–Crippen LogP) is 2.92. The van der Waals surface area contributed by atoms with Crippen LogP contribution in [0.4, 0.5) is 0 Å². The number of rotatable bonds is 3. The molecule has 3 atom stereocenters. The molecule has 7 heteroatoms. The summed E-state index contributed by atoms with van der Waals surface area (Å²) in [6.07, 6.45) is 8.40. The quantitative estimate of drug-likeness (QED) is 0.843. The van der Waals surface area contributed by atoms with Crippen LogP contribution in [-0.4, -0.2) is 38.9 Å². The number of fused-ring (bicyclic) bond motifs is 2. The van der Waals surface area contributed by atoms with E-state index in [1.54, 1.807) is 24.5 Å². The third-order valence-electron chi connectivity index (χ3n) is 5.23. The van der Waals surface area contributed by atoms with E-state index in [4.69, 9.17) is 11.6 Å². The number of nitriles is 1. The van der Waals surface area contributed by atoms with E-state index in [2.05, 4.69) is 21.5 Å². The zero-order chi connectivity index (χ0) is 18.3. The molecule has 3 heterocycles. The highest BCUT2D eigenvalue weighted by Gasteiger charge is 2.46. The Bertz CT molecular complexity index is 909. The number of amides is 1. The molecule has 1 N–H and O–H groups in total. The molecule has 0 spiro atoms. The minimum atomic E-state index is -0.202. The summed E-state index contributed by atoms with van der Waals surface area (Å²) < 4.78 is 0. The van der Waals surface area contributed by atoms with Crippen LogP contribution in [0.3, 0.4) is 0 Å². The lowest BCUT2D eigenvalue weighted by molar-refractivity contribution is 0.0928. The lowest BCUT2D eigenvalue weighted by atomic mass is 9.95. The molecule has 2 aliphatic heterocycles. The van der Waals surface area contributed by atoms with Crippen molar-refractivity contribution in [3.63, 3.8) is 0 Å². The molecule has 1 amide bonds. The van der Waals surface area contributed by atoms with Crippen molar-refractivity contribution in [2.45, 2.75) is 44.3 Å². The number of aryl methyl sites for hydroxylation is 1. The zero-order valence-corrected chi connectivity index (χ0v) is 15.1. The lowest BCUT2D eigenvalue weighted by Gasteiger charge is -2.22. The van der Waals surface area contributed by atoms with Crippen molar-refractivity contribution in [3.05, 3.63) is 46.9 Å². The van der Waals surface area contributed by atoms with E-state index in [1.807, 2.05) is 17.9 Å². The van der Waals surface area contributed by atoms with Crippen LogP contribution >= 0.6 is 11.6 Å². The molecule has 26 heavy (non-hydrogen) atoms. The molecule has 2 aliphatic rings. The maximum Gasteiger partial charge on any atom is 0.253 e. The number of carbonyl (C=O) groups is 1. The van der Waals surface area contributed by atoms with Gasteiger partial charge in [0.25, 0.3) is 5.91 Å². The molecule has 2 fully saturated rings. The molecular weight excluding hydrogens is 350 g/mol. The van der Waals surface area contributed by atoms with Crippen molar-refractivity contribution in [1.29, 1.82) is 5.26 Å². The van der Waals surface area contributed by atoms with Gasteiger partial charge in [0, 0.05) is 17.8 Å². The number of halogens is 1. The average molecular weight is 368 g/mol. The Hall–Kier alpha value is -2.65. The van der Waals surface area contributed by atoms with Gasteiger partial charge >= 0.3 is 0 Å². The van der Waals surface area contributed by atoms with Crippen LogP contribution in [0.25, 0.3) is 11.3 Å². The van der Waals surface area contributed by atoms with E-state index < -0.39 is 0 Å². The third kappa shape index (κ3) is 2.89. The molecule has 2 bridgehead atoms. The molecule has 1 aromatic heterocycles. The predicted molar refractivity (Wildman–Crippen MR) is 97.3 cm³/mol. The van der Waals surface area contributed by atoms with Gasteiger partial charge in [-0.05, 0) is 38.3 Å². The van der Waals surface area contributed by atoms with Gasteiger partial charge in [-0.3, -0.25) is 9.78 Å². The topological polar surface area (TPSA) is 81.9 Å². The van der Waals surface area contributed by atoms with Crippen LogP contribution in [0.5, 0.6) is 0 Å². The van der Waals surface area contributed by atoms with Gasteiger partial charge in [-0.1, -0.05) is 17.7 Å². The van der Waals surface area contributed by atoms with E-state index in [0.717, 1.165) is 36.2 Å². The average Bonchev–Trinajstić information content (AvgIpc) is 3.18. The molecule has 0 unspecified atom stereocenters. The number of hydrogen-bond acceptors (Lipinski definition) is 5. The fourth-order valence-electron chi connectivity index (χ4n) is 4.01. The molecular formula is C19H18ClN5O. The van der Waals surface area contributed by atoms with Crippen molar-refractivity contribution in [3.8, 4) is 17.5 Å². The van der Waals surface area contributed by atoms with Gasteiger partial charge in [-0.2, -0.15) is 5.26 Å². The Morgan fingerprint density at radius 2 is 2.23 bits per heavy atom. The fraction of sp³-hybridized carbons (Fsp3) is 0.368. The van der Waals surface area contributed by atoms with Crippen LogP contribution in [0, 0.1) is 18.4 Å². The standard InChI is InChI=1S/C19H18ClN5O/c1-11-8-22-9-17(23-11)12-2-4-14(15(20)6-12)19(26)24-16-7-13-3-5-18(16)25(13)10-21/h2,4,6,8-9,13,16,18H,3,5,7H2,1H3,(H,24,26)/t13-,16+,18+/m0/s1. The van der Waals surface area contributed by atoms with E-state index in [-0.39, 0.29) is 24.0 Å². The third-order valence-corrected chi connectivity index (χ3v) is 5.55. The molecule has 2 saturated heterocycles. The van der Waals surface area contributed by atoms with Crippen LogP contribution in [-0.2, 0) is 0 Å². The van der Waals surface area contributed by atoms with Gasteiger partial charge in [0.2, 0.25) is 0 Å². The summed E-state index contributed by atoms with van der Waals surface area (Å²) in [7, 11) is 0. The number of nitrogens with zero attached hydrogens (tertiary/aromatic N) is 4. The lowest BCUT2D eigenvalue weighted by Crippen LogP contribution is -2.43. The van der Waals surface area contributed by atoms with Gasteiger partial charge in [0.15, 0.2) is 6.19 Å². The van der Waals surface area contributed by atoms with Crippen molar-refractivity contribution in [2.24, 2.45) is 0 Å². The first-order valence-corrected chi connectivity index (χ1v) is 9.02. The summed E-state index contributed by atoms with van der Waals surface area (Å²) in [5.41, 5.74) is 2.79. The van der Waals surface area contributed by atoms with E-state index in [9.17, 15) is 10.1 Å². The van der Waals surface area contributed by atoms with Crippen molar-refractivity contribution in [1.82, 2.24) is 20.2 Å². The number of aromatic nitrogens is 2. The second kappa shape index (κ2) is 6.58.